The lowest BCUT2D eigenvalue weighted by Crippen LogP contribution is -2.27. The largest absolute Gasteiger partial charge is 0.459 e. The normalized spacial score (nSPS) is 17.2. The molecule has 4 nitrogen and oxygen atoms in total. The van der Waals surface area contributed by atoms with Crippen molar-refractivity contribution in [2.45, 2.75) is 45.2 Å². The van der Waals surface area contributed by atoms with Crippen molar-refractivity contribution in [3.8, 4) is 11.1 Å². The number of hydrogen-bond acceptors (Lipinski definition) is 4. The van der Waals surface area contributed by atoms with Crippen molar-refractivity contribution in [1.82, 2.24) is 15.3 Å². The first kappa shape index (κ1) is 18.1. The van der Waals surface area contributed by atoms with E-state index in [2.05, 4.69) is 70.7 Å². The lowest BCUT2D eigenvalue weighted by molar-refractivity contribution is 0.353. The second-order valence-corrected chi connectivity index (χ2v) is 7.92. The van der Waals surface area contributed by atoms with Gasteiger partial charge in [0.05, 0.1) is 6.04 Å². The van der Waals surface area contributed by atoms with Crippen LogP contribution in [0, 0.1) is 6.92 Å². The van der Waals surface area contributed by atoms with Gasteiger partial charge >= 0.3 is 0 Å². The first-order valence-electron chi connectivity index (χ1n) is 10.3. The lowest BCUT2D eigenvalue weighted by atomic mass is 9.90. The molecule has 4 aromatic rings. The molecule has 1 aliphatic carbocycles. The molecule has 0 radical (unpaired) electrons. The van der Waals surface area contributed by atoms with Gasteiger partial charge in [0.1, 0.15) is 17.2 Å². The Morgan fingerprint density at radius 1 is 1.03 bits per heavy atom. The SMILES string of the molecule is Cc1ncc(-c2ccc3oc4c(c3c2)CCCC4NC(C)c2ccccc2)cn1. The van der Waals surface area contributed by atoms with Gasteiger partial charge in [0.2, 0.25) is 0 Å². The minimum atomic E-state index is 0.243. The lowest BCUT2D eigenvalue weighted by Gasteiger charge is -2.26. The summed E-state index contributed by atoms with van der Waals surface area (Å²) in [6, 6.07) is 17.5. The molecule has 0 saturated heterocycles. The fourth-order valence-electron chi connectivity index (χ4n) is 4.34. The van der Waals surface area contributed by atoms with Gasteiger partial charge < -0.3 is 9.73 Å². The minimum absolute atomic E-state index is 0.243. The van der Waals surface area contributed by atoms with Gasteiger partial charge in [-0.3, -0.25) is 0 Å². The Hall–Kier alpha value is -2.98. The Morgan fingerprint density at radius 2 is 1.83 bits per heavy atom. The van der Waals surface area contributed by atoms with Crippen LogP contribution >= 0.6 is 0 Å². The molecule has 146 valence electrons. The van der Waals surface area contributed by atoms with Gasteiger partial charge in [-0.25, -0.2) is 9.97 Å². The molecule has 0 amide bonds. The Kier molecular flexibility index (Phi) is 4.64. The number of nitrogens with one attached hydrogen (secondary N) is 1. The third-order valence-corrected chi connectivity index (χ3v) is 5.92. The highest BCUT2D eigenvalue weighted by atomic mass is 16.3. The van der Waals surface area contributed by atoms with Gasteiger partial charge in [-0.2, -0.15) is 0 Å². The fourth-order valence-corrected chi connectivity index (χ4v) is 4.34. The molecule has 2 atom stereocenters. The smallest absolute Gasteiger partial charge is 0.134 e. The van der Waals surface area contributed by atoms with Crippen LogP contribution in [0.15, 0.2) is 65.3 Å². The Bertz CT molecular complexity index is 1130. The number of furan rings is 1. The van der Waals surface area contributed by atoms with Crippen LogP contribution in [-0.4, -0.2) is 9.97 Å². The average Bonchev–Trinajstić information content (AvgIpc) is 3.14. The Balaban J connectivity index is 1.49. The number of aromatic nitrogens is 2. The maximum Gasteiger partial charge on any atom is 0.134 e. The minimum Gasteiger partial charge on any atom is -0.459 e. The molecule has 0 bridgehead atoms. The highest BCUT2D eigenvalue weighted by Gasteiger charge is 2.27. The van der Waals surface area contributed by atoms with Crippen LogP contribution < -0.4 is 5.32 Å². The van der Waals surface area contributed by atoms with E-state index in [-0.39, 0.29) is 12.1 Å². The molecule has 4 heteroatoms. The fraction of sp³-hybridized carbons (Fsp3) is 0.280. The van der Waals surface area contributed by atoms with Crippen LogP contribution in [0.3, 0.4) is 0 Å². The first-order chi connectivity index (χ1) is 14.2. The zero-order valence-corrected chi connectivity index (χ0v) is 16.9. The van der Waals surface area contributed by atoms with E-state index in [4.69, 9.17) is 4.42 Å². The molecule has 2 aromatic carbocycles. The molecule has 2 aromatic heterocycles. The predicted octanol–water partition coefficient (Wildman–Crippen LogP) is 5.93. The third kappa shape index (κ3) is 3.45. The highest BCUT2D eigenvalue weighted by Crippen LogP contribution is 2.39. The number of nitrogens with zero attached hydrogens (tertiary/aromatic N) is 2. The molecule has 0 fully saturated rings. The van der Waals surface area contributed by atoms with Crippen molar-refractivity contribution in [3.05, 3.63) is 83.6 Å². The van der Waals surface area contributed by atoms with Crippen LogP contribution in [0.5, 0.6) is 0 Å². The second-order valence-electron chi connectivity index (χ2n) is 7.92. The molecule has 1 aliphatic rings. The molecule has 2 heterocycles. The van der Waals surface area contributed by atoms with Gasteiger partial charge in [0.25, 0.3) is 0 Å². The summed E-state index contributed by atoms with van der Waals surface area (Å²) in [6.45, 7) is 4.13. The number of fused-ring (bicyclic) bond motifs is 3. The van der Waals surface area contributed by atoms with Gasteiger partial charge in [0, 0.05) is 34.9 Å². The standard InChI is InChI=1S/C25H25N3O/c1-16(18-7-4-3-5-8-18)28-23-10-6-9-21-22-13-19(11-12-24(22)29-25(21)23)20-14-26-17(2)27-15-20/h3-5,7-8,11-16,23,28H,6,9-10H2,1-2H3. The van der Waals surface area contributed by atoms with E-state index in [9.17, 15) is 0 Å². The predicted molar refractivity (Wildman–Crippen MR) is 116 cm³/mol. The van der Waals surface area contributed by atoms with E-state index in [1.807, 2.05) is 19.3 Å². The average molecular weight is 383 g/mol. The number of aryl methyl sites for hydroxylation is 2. The van der Waals surface area contributed by atoms with Crippen molar-refractivity contribution >= 4 is 11.0 Å². The highest BCUT2D eigenvalue weighted by molar-refractivity contribution is 5.87. The van der Waals surface area contributed by atoms with Crippen LogP contribution in [0.1, 0.15) is 54.6 Å². The molecule has 5 rings (SSSR count). The number of benzene rings is 2. The second kappa shape index (κ2) is 7.45. The van der Waals surface area contributed by atoms with Crippen LogP contribution in [0.4, 0.5) is 0 Å². The molecule has 0 aliphatic heterocycles. The Morgan fingerprint density at radius 3 is 2.62 bits per heavy atom. The summed E-state index contributed by atoms with van der Waals surface area (Å²) in [5.74, 6) is 1.89. The van der Waals surface area contributed by atoms with Gasteiger partial charge in [-0.1, -0.05) is 36.4 Å². The van der Waals surface area contributed by atoms with E-state index in [1.165, 1.54) is 22.9 Å². The van der Waals surface area contributed by atoms with Gasteiger partial charge in [0.15, 0.2) is 0 Å². The van der Waals surface area contributed by atoms with Crippen molar-refractivity contribution in [1.29, 1.82) is 0 Å². The molecule has 2 unspecified atom stereocenters. The third-order valence-electron chi connectivity index (χ3n) is 5.92. The summed E-state index contributed by atoms with van der Waals surface area (Å²) in [5.41, 5.74) is 5.79. The van der Waals surface area contributed by atoms with E-state index in [1.54, 1.807) is 0 Å². The zero-order chi connectivity index (χ0) is 19.8. The van der Waals surface area contributed by atoms with E-state index < -0.39 is 0 Å². The van der Waals surface area contributed by atoms with Gasteiger partial charge in [-0.05, 0) is 56.4 Å². The summed E-state index contributed by atoms with van der Waals surface area (Å²) in [4.78, 5) is 8.68. The molecule has 29 heavy (non-hydrogen) atoms. The maximum absolute atomic E-state index is 6.36. The molecular weight excluding hydrogens is 358 g/mol. The van der Waals surface area contributed by atoms with Crippen molar-refractivity contribution in [3.63, 3.8) is 0 Å². The molecular formula is C25H25N3O. The molecule has 1 N–H and O–H groups in total. The van der Waals surface area contributed by atoms with Crippen molar-refractivity contribution in [2.75, 3.05) is 0 Å². The van der Waals surface area contributed by atoms with Crippen molar-refractivity contribution < 1.29 is 4.42 Å². The summed E-state index contributed by atoms with van der Waals surface area (Å²) < 4.78 is 6.36. The van der Waals surface area contributed by atoms with Crippen molar-refractivity contribution in [2.24, 2.45) is 0 Å². The number of hydrogen-bond donors (Lipinski definition) is 1. The summed E-state index contributed by atoms with van der Waals surface area (Å²) in [7, 11) is 0. The van der Waals surface area contributed by atoms with Crippen LogP contribution in [0.25, 0.3) is 22.1 Å². The van der Waals surface area contributed by atoms with Crippen LogP contribution in [0.2, 0.25) is 0 Å². The molecule has 0 spiro atoms. The Labute approximate surface area is 171 Å². The van der Waals surface area contributed by atoms with E-state index >= 15 is 0 Å². The summed E-state index contributed by atoms with van der Waals surface area (Å²) in [5, 5.41) is 5.01. The zero-order valence-electron chi connectivity index (χ0n) is 16.9. The summed E-state index contributed by atoms with van der Waals surface area (Å²) >= 11 is 0. The van der Waals surface area contributed by atoms with E-state index in [0.29, 0.717) is 0 Å². The van der Waals surface area contributed by atoms with Crippen LogP contribution in [-0.2, 0) is 6.42 Å². The maximum atomic E-state index is 6.36. The van der Waals surface area contributed by atoms with Gasteiger partial charge in [-0.15, -0.1) is 0 Å². The number of rotatable bonds is 4. The monoisotopic (exact) mass is 383 g/mol. The summed E-state index contributed by atoms with van der Waals surface area (Å²) in [6.07, 6.45) is 7.11. The molecule has 0 saturated carbocycles. The van der Waals surface area contributed by atoms with E-state index in [0.717, 1.165) is 41.1 Å². The topological polar surface area (TPSA) is 51.0 Å². The quantitative estimate of drug-likeness (QED) is 0.475. The first-order valence-corrected chi connectivity index (χ1v) is 10.3.